The Bertz CT molecular complexity index is 1160. The normalized spacial score (nSPS) is 14.9. The van der Waals surface area contributed by atoms with Crippen LogP contribution in [0.5, 0.6) is 0 Å². The number of hydrogen-bond donors (Lipinski definition) is 0. The van der Waals surface area contributed by atoms with Crippen molar-refractivity contribution in [2.45, 2.75) is 13.3 Å². The van der Waals surface area contributed by atoms with Crippen LogP contribution < -0.4 is 4.90 Å². The number of benzene rings is 2. The minimum Gasteiger partial charge on any atom is -0.443 e. The zero-order chi connectivity index (χ0) is 19.1. The number of nitrogens with zero attached hydrogens (tertiary/aromatic N) is 4. The molecule has 0 N–H and O–H groups in total. The number of carbonyl (C=O) groups excluding carboxylic acids is 1. The minimum absolute atomic E-state index is 0.0430. The van der Waals surface area contributed by atoms with E-state index >= 15 is 0 Å². The molecule has 1 amide bonds. The molecule has 1 aliphatic heterocycles. The molecule has 6 nitrogen and oxygen atoms in total. The smallest absolute Gasteiger partial charge is 0.254 e. The van der Waals surface area contributed by atoms with E-state index in [1.54, 1.807) is 29.5 Å². The Kier molecular flexibility index (Phi) is 4.24. The molecule has 5 rings (SSSR count). The van der Waals surface area contributed by atoms with Crippen LogP contribution in [0, 0.1) is 0 Å². The molecular weight excluding hydrogens is 372 g/mol. The van der Waals surface area contributed by atoms with Crippen LogP contribution in [-0.2, 0) is 6.42 Å². The number of oxazole rings is 1. The van der Waals surface area contributed by atoms with E-state index < -0.39 is 0 Å². The predicted octanol–water partition coefficient (Wildman–Crippen LogP) is 3.96. The summed E-state index contributed by atoms with van der Waals surface area (Å²) < 4.78 is 6.48. The van der Waals surface area contributed by atoms with Crippen molar-refractivity contribution in [1.82, 2.24) is 14.9 Å². The maximum Gasteiger partial charge on any atom is 0.254 e. The van der Waals surface area contributed by atoms with Gasteiger partial charge >= 0.3 is 0 Å². The first kappa shape index (κ1) is 17.2. The van der Waals surface area contributed by atoms with E-state index in [0.717, 1.165) is 30.2 Å². The zero-order valence-electron chi connectivity index (χ0n) is 15.6. The topological polar surface area (TPSA) is 62.5 Å². The molecule has 0 radical (unpaired) electrons. The molecule has 0 unspecified atom stereocenters. The van der Waals surface area contributed by atoms with Crippen LogP contribution in [0.3, 0.4) is 0 Å². The molecule has 0 saturated carbocycles. The molecule has 7 heteroatoms. The molecule has 1 fully saturated rings. The molecule has 0 aliphatic carbocycles. The quantitative estimate of drug-likeness (QED) is 0.528. The molecule has 0 bridgehead atoms. The standard InChI is InChI=1S/C21H20N4O2S/c1-2-14-3-5-16-19(11-14)28-21(23-16)25-9-7-24(8-10-25)20(26)15-4-6-18-17(12-15)22-13-27-18/h3-6,11-13H,2,7-10H2,1H3. The van der Waals surface area contributed by atoms with Crippen LogP contribution in [0.1, 0.15) is 22.8 Å². The van der Waals surface area contributed by atoms with E-state index in [9.17, 15) is 4.79 Å². The Morgan fingerprint density at radius 3 is 2.79 bits per heavy atom. The molecule has 2 aromatic heterocycles. The van der Waals surface area contributed by atoms with Gasteiger partial charge in [-0.05, 0) is 42.3 Å². The number of thiazole rings is 1. The lowest BCUT2D eigenvalue weighted by Crippen LogP contribution is -2.48. The number of aromatic nitrogens is 2. The van der Waals surface area contributed by atoms with Gasteiger partial charge in [0.2, 0.25) is 0 Å². The number of amides is 1. The molecule has 0 atom stereocenters. The lowest BCUT2D eigenvalue weighted by atomic mass is 10.1. The van der Waals surface area contributed by atoms with E-state index in [1.165, 1.54) is 16.7 Å². The minimum atomic E-state index is 0.0430. The molecule has 1 aliphatic rings. The van der Waals surface area contributed by atoms with Gasteiger partial charge in [-0.1, -0.05) is 24.3 Å². The van der Waals surface area contributed by atoms with Crippen molar-refractivity contribution in [3.05, 3.63) is 53.9 Å². The highest BCUT2D eigenvalue weighted by molar-refractivity contribution is 7.22. The average Bonchev–Trinajstić information content (AvgIpc) is 3.38. The summed E-state index contributed by atoms with van der Waals surface area (Å²) in [7, 11) is 0. The van der Waals surface area contributed by atoms with Crippen molar-refractivity contribution in [2.75, 3.05) is 31.1 Å². The monoisotopic (exact) mass is 392 g/mol. The molecule has 0 spiro atoms. The molecule has 142 valence electrons. The highest BCUT2D eigenvalue weighted by atomic mass is 32.1. The summed E-state index contributed by atoms with van der Waals surface area (Å²) in [5, 5.41) is 1.04. The van der Waals surface area contributed by atoms with Crippen molar-refractivity contribution in [3.8, 4) is 0 Å². The second-order valence-electron chi connectivity index (χ2n) is 6.97. The van der Waals surface area contributed by atoms with E-state index in [0.29, 0.717) is 29.8 Å². The van der Waals surface area contributed by atoms with Gasteiger partial charge in [0.05, 0.1) is 10.2 Å². The number of piperazine rings is 1. The molecule has 4 aromatic rings. The number of aryl methyl sites for hydroxylation is 1. The summed E-state index contributed by atoms with van der Waals surface area (Å²) in [5.41, 5.74) is 4.45. The Hall–Kier alpha value is -2.93. The van der Waals surface area contributed by atoms with Gasteiger partial charge in [0.1, 0.15) is 5.52 Å². The Morgan fingerprint density at radius 2 is 1.96 bits per heavy atom. The van der Waals surface area contributed by atoms with Crippen LogP contribution in [0.25, 0.3) is 21.3 Å². The Balaban J connectivity index is 1.29. The lowest BCUT2D eigenvalue weighted by molar-refractivity contribution is 0.0747. The summed E-state index contributed by atoms with van der Waals surface area (Å²) >= 11 is 1.73. The van der Waals surface area contributed by atoms with Crippen molar-refractivity contribution in [1.29, 1.82) is 0 Å². The molecule has 3 heterocycles. The highest BCUT2D eigenvalue weighted by Crippen LogP contribution is 2.30. The van der Waals surface area contributed by atoms with Gasteiger partial charge in [0.25, 0.3) is 5.91 Å². The summed E-state index contributed by atoms with van der Waals surface area (Å²) in [6.45, 7) is 5.12. The largest absolute Gasteiger partial charge is 0.443 e. The average molecular weight is 392 g/mol. The first-order valence-corrected chi connectivity index (χ1v) is 10.3. The van der Waals surface area contributed by atoms with Gasteiger partial charge in [-0.2, -0.15) is 0 Å². The van der Waals surface area contributed by atoms with Gasteiger partial charge in [-0.25, -0.2) is 9.97 Å². The van der Waals surface area contributed by atoms with Crippen LogP contribution in [0.15, 0.2) is 47.2 Å². The van der Waals surface area contributed by atoms with Crippen molar-refractivity contribution in [2.24, 2.45) is 0 Å². The zero-order valence-corrected chi connectivity index (χ0v) is 16.4. The predicted molar refractivity (Wildman–Crippen MR) is 111 cm³/mol. The number of carbonyl (C=O) groups is 1. The second kappa shape index (κ2) is 6.91. The summed E-state index contributed by atoms with van der Waals surface area (Å²) in [6.07, 6.45) is 2.43. The number of hydrogen-bond acceptors (Lipinski definition) is 6. The summed E-state index contributed by atoms with van der Waals surface area (Å²) in [5.74, 6) is 0.0430. The van der Waals surface area contributed by atoms with E-state index in [1.807, 2.05) is 4.90 Å². The fourth-order valence-corrected chi connectivity index (χ4v) is 4.67. The third kappa shape index (κ3) is 3.01. The third-order valence-electron chi connectivity index (χ3n) is 5.26. The maximum atomic E-state index is 12.9. The number of rotatable bonds is 3. The van der Waals surface area contributed by atoms with Gasteiger partial charge < -0.3 is 14.2 Å². The van der Waals surface area contributed by atoms with Gasteiger partial charge in [-0.15, -0.1) is 0 Å². The SMILES string of the molecule is CCc1ccc2nc(N3CCN(C(=O)c4ccc5ocnc5c4)CC3)sc2c1. The van der Waals surface area contributed by atoms with Gasteiger partial charge in [-0.3, -0.25) is 4.79 Å². The van der Waals surface area contributed by atoms with Gasteiger partial charge in [0, 0.05) is 31.7 Å². The van der Waals surface area contributed by atoms with Crippen molar-refractivity contribution >= 4 is 43.7 Å². The van der Waals surface area contributed by atoms with Crippen LogP contribution in [0.4, 0.5) is 5.13 Å². The lowest BCUT2D eigenvalue weighted by Gasteiger charge is -2.34. The Labute approximate surface area is 166 Å². The second-order valence-corrected chi connectivity index (χ2v) is 7.98. The van der Waals surface area contributed by atoms with Crippen LogP contribution in [0.2, 0.25) is 0 Å². The van der Waals surface area contributed by atoms with Crippen LogP contribution >= 0.6 is 11.3 Å². The van der Waals surface area contributed by atoms with Crippen molar-refractivity contribution < 1.29 is 9.21 Å². The fraction of sp³-hybridized carbons (Fsp3) is 0.286. The maximum absolute atomic E-state index is 12.9. The summed E-state index contributed by atoms with van der Waals surface area (Å²) in [4.78, 5) is 26.0. The highest BCUT2D eigenvalue weighted by Gasteiger charge is 2.24. The van der Waals surface area contributed by atoms with Crippen molar-refractivity contribution in [3.63, 3.8) is 0 Å². The molecule has 1 saturated heterocycles. The Morgan fingerprint density at radius 1 is 1.11 bits per heavy atom. The summed E-state index contributed by atoms with van der Waals surface area (Å²) in [6, 6.07) is 11.9. The molecular formula is C21H20N4O2S. The van der Waals surface area contributed by atoms with E-state index in [4.69, 9.17) is 9.40 Å². The molecule has 28 heavy (non-hydrogen) atoms. The number of anilines is 1. The van der Waals surface area contributed by atoms with E-state index in [2.05, 4.69) is 35.0 Å². The molecule has 2 aromatic carbocycles. The number of fused-ring (bicyclic) bond motifs is 2. The van der Waals surface area contributed by atoms with Gasteiger partial charge in [0.15, 0.2) is 17.1 Å². The van der Waals surface area contributed by atoms with Crippen LogP contribution in [-0.4, -0.2) is 47.0 Å². The fourth-order valence-electron chi connectivity index (χ4n) is 3.59. The third-order valence-corrected chi connectivity index (χ3v) is 6.34. The van der Waals surface area contributed by atoms with E-state index in [-0.39, 0.29) is 5.91 Å². The first-order chi connectivity index (χ1) is 13.7. The first-order valence-electron chi connectivity index (χ1n) is 9.48.